The number of nitrogens with zero attached hydrogens (tertiary/aromatic N) is 1. The van der Waals surface area contributed by atoms with Gasteiger partial charge >= 0.3 is 5.69 Å². The van der Waals surface area contributed by atoms with Crippen LogP contribution in [-0.2, 0) is 0 Å². The first-order valence-corrected chi connectivity index (χ1v) is 6.85. The minimum atomic E-state index is -0.795. The van der Waals surface area contributed by atoms with Gasteiger partial charge in [0, 0.05) is 16.6 Å². The molecule has 0 aliphatic heterocycles. The molecule has 0 saturated heterocycles. The molecule has 0 heterocycles. The number of nitro groups is 1. The highest BCUT2D eigenvalue weighted by Crippen LogP contribution is 2.35. The van der Waals surface area contributed by atoms with E-state index in [2.05, 4.69) is 15.9 Å². The number of halogens is 2. The van der Waals surface area contributed by atoms with E-state index in [1.165, 1.54) is 12.1 Å². The van der Waals surface area contributed by atoms with E-state index >= 15 is 0 Å². The third-order valence-electron chi connectivity index (χ3n) is 2.83. The van der Waals surface area contributed by atoms with Crippen LogP contribution in [0.3, 0.4) is 0 Å². The van der Waals surface area contributed by atoms with Crippen molar-refractivity contribution in [1.29, 1.82) is 0 Å². The lowest BCUT2D eigenvalue weighted by atomic mass is 10.1. The van der Waals surface area contributed by atoms with Crippen LogP contribution in [0.5, 0.6) is 11.5 Å². The van der Waals surface area contributed by atoms with E-state index in [0.29, 0.717) is 4.47 Å². The summed E-state index contributed by atoms with van der Waals surface area (Å²) in [5, 5.41) is 10.9. The molecule has 7 heteroatoms. The van der Waals surface area contributed by atoms with Crippen molar-refractivity contribution in [1.82, 2.24) is 0 Å². The Morgan fingerprint density at radius 2 is 2.10 bits per heavy atom. The molecule has 2 aromatic carbocycles. The zero-order valence-electron chi connectivity index (χ0n) is 11.0. The second-order valence-corrected chi connectivity index (χ2v) is 5.27. The number of ether oxygens (including phenoxy) is 1. The molecule has 2 rings (SSSR count). The van der Waals surface area contributed by atoms with Crippen molar-refractivity contribution >= 4 is 21.6 Å². The first-order chi connectivity index (χ1) is 9.90. The van der Waals surface area contributed by atoms with Gasteiger partial charge in [-0.25, -0.2) is 4.39 Å². The van der Waals surface area contributed by atoms with Crippen LogP contribution in [0, 0.1) is 15.9 Å². The highest BCUT2D eigenvalue weighted by Gasteiger charge is 2.20. The minimum Gasteiger partial charge on any atom is -0.447 e. The fraction of sp³-hybridized carbons (Fsp3) is 0.143. The van der Waals surface area contributed by atoms with Gasteiger partial charge in [-0.05, 0) is 30.7 Å². The van der Waals surface area contributed by atoms with Crippen LogP contribution in [0.2, 0.25) is 0 Å². The van der Waals surface area contributed by atoms with Gasteiger partial charge in [0.25, 0.3) is 0 Å². The maximum absolute atomic E-state index is 13.7. The summed E-state index contributed by atoms with van der Waals surface area (Å²) in [5.41, 5.74) is 6.21. The molecule has 0 bridgehead atoms. The molecule has 0 spiro atoms. The van der Waals surface area contributed by atoms with Gasteiger partial charge in [0.05, 0.1) is 4.92 Å². The number of para-hydroxylation sites is 1. The Hall–Kier alpha value is -1.99. The number of nitro benzene ring substituents is 1. The first kappa shape index (κ1) is 15.4. The van der Waals surface area contributed by atoms with Crippen LogP contribution in [0.4, 0.5) is 10.1 Å². The average Bonchev–Trinajstić information content (AvgIpc) is 2.40. The van der Waals surface area contributed by atoms with Gasteiger partial charge in [-0.15, -0.1) is 0 Å². The van der Waals surface area contributed by atoms with E-state index in [9.17, 15) is 14.5 Å². The Labute approximate surface area is 128 Å². The fourth-order valence-corrected chi connectivity index (χ4v) is 2.52. The van der Waals surface area contributed by atoms with Crippen LogP contribution in [0.1, 0.15) is 18.5 Å². The average molecular weight is 355 g/mol. The molecule has 2 aromatic rings. The maximum Gasteiger partial charge on any atom is 0.314 e. The Kier molecular flexibility index (Phi) is 4.54. The third kappa shape index (κ3) is 3.37. The molecule has 0 unspecified atom stereocenters. The summed E-state index contributed by atoms with van der Waals surface area (Å²) in [4.78, 5) is 10.2. The Morgan fingerprint density at radius 1 is 1.38 bits per heavy atom. The van der Waals surface area contributed by atoms with Gasteiger partial charge < -0.3 is 10.5 Å². The van der Waals surface area contributed by atoms with Crippen molar-refractivity contribution in [3.63, 3.8) is 0 Å². The summed E-state index contributed by atoms with van der Waals surface area (Å²) in [6.07, 6.45) is 0. The summed E-state index contributed by atoms with van der Waals surface area (Å²) >= 11 is 3.34. The summed E-state index contributed by atoms with van der Waals surface area (Å²) in [5.74, 6) is -0.931. The molecule has 21 heavy (non-hydrogen) atoms. The molecule has 110 valence electrons. The lowest BCUT2D eigenvalue weighted by Crippen LogP contribution is -2.05. The fourth-order valence-electron chi connectivity index (χ4n) is 1.80. The van der Waals surface area contributed by atoms with Gasteiger partial charge in [0.2, 0.25) is 5.75 Å². The number of benzene rings is 2. The molecule has 2 N–H and O–H groups in total. The lowest BCUT2D eigenvalue weighted by Gasteiger charge is -2.11. The monoisotopic (exact) mass is 354 g/mol. The summed E-state index contributed by atoms with van der Waals surface area (Å²) in [7, 11) is 0. The Bertz CT molecular complexity index is 692. The molecule has 0 amide bonds. The zero-order chi connectivity index (χ0) is 15.6. The van der Waals surface area contributed by atoms with Crippen LogP contribution in [-0.4, -0.2) is 4.92 Å². The van der Waals surface area contributed by atoms with E-state index in [1.54, 1.807) is 18.2 Å². The number of rotatable bonds is 4. The molecule has 0 fully saturated rings. The molecule has 1 atom stereocenters. The van der Waals surface area contributed by atoms with Crippen molar-refractivity contribution in [2.45, 2.75) is 13.0 Å². The summed E-state index contributed by atoms with van der Waals surface area (Å²) in [6.45, 7) is 1.82. The standard InChI is InChI=1S/C14H12BrFN2O3/c1-8(17)10-6-5-9(7-11(10)15)21-14-12(16)3-2-4-13(14)18(19)20/h2-8H,17H2,1H3/t8-/m0/s1. The summed E-state index contributed by atoms with van der Waals surface area (Å²) < 4.78 is 19.8. The second-order valence-electron chi connectivity index (χ2n) is 4.42. The van der Waals surface area contributed by atoms with E-state index in [4.69, 9.17) is 10.5 Å². The smallest absolute Gasteiger partial charge is 0.314 e. The predicted octanol–water partition coefficient (Wildman–Crippen LogP) is 4.31. The molecule has 0 aliphatic carbocycles. The number of hydrogen-bond donors (Lipinski definition) is 1. The van der Waals surface area contributed by atoms with Crippen molar-refractivity contribution in [3.05, 3.63) is 62.4 Å². The highest BCUT2D eigenvalue weighted by atomic mass is 79.9. The van der Waals surface area contributed by atoms with Crippen LogP contribution >= 0.6 is 15.9 Å². The zero-order valence-corrected chi connectivity index (χ0v) is 12.6. The second kappa shape index (κ2) is 6.19. The molecule has 0 saturated carbocycles. The number of nitrogens with two attached hydrogens (primary N) is 1. The van der Waals surface area contributed by atoms with Gasteiger partial charge in [-0.2, -0.15) is 0 Å². The molecule has 5 nitrogen and oxygen atoms in total. The third-order valence-corrected chi connectivity index (χ3v) is 3.51. The van der Waals surface area contributed by atoms with Crippen molar-refractivity contribution in [2.24, 2.45) is 5.73 Å². The maximum atomic E-state index is 13.7. The van der Waals surface area contributed by atoms with E-state index in [0.717, 1.165) is 11.6 Å². The van der Waals surface area contributed by atoms with E-state index in [1.807, 2.05) is 6.92 Å². The quantitative estimate of drug-likeness (QED) is 0.655. The van der Waals surface area contributed by atoms with Gasteiger partial charge in [-0.1, -0.05) is 28.1 Å². The van der Waals surface area contributed by atoms with Crippen LogP contribution in [0.25, 0.3) is 0 Å². The Morgan fingerprint density at radius 3 is 2.67 bits per heavy atom. The molecule has 0 aliphatic rings. The molecule has 0 radical (unpaired) electrons. The van der Waals surface area contributed by atoms with Crippen molar-refractivity contribution in [2.75, 3.05) is 0 Å². The summed E-state index contributed by atoms with van der Waals surface area (Å²) in [6, 6.07) is 8.26. The van der Waals surface area contributed by atoms with Gasteiger partial charge in [0.15, 0.2) is 5.82 Å². The van der Waals surface area contributed by atoms with Gasteiger partial charge in [-0.3, -0.25) is 10.1 Å². The topological polar surface area (TPSA) is 78.4 Å². The van der Waals surface area contributed by atoms with Crippen molar-refractivity contribution < 1.29 is 14.1 Å². The van der Waals surface area contributed by atoms with Crippen LogP contribution in [0.15, 0.2) is 40.9 Å². The van der Waals surface area contributed by atoms with Crippen LogP contribution < -0.4 is 10.5 Å². The molecule has 0 aromatic heterocycles. The SMILES string of the molecule is C[C@H](N)c1ccc(Oc2c(F)cccc2[N+](=O)[O-])cc1Br. The van der Waals surface area contributed by atoms with E-state index in [-0.39, 0.29) is 11.8 Å². The van der Waals surface area contributed by atoms with Crippen molar-refractivity contribution in [3.8, 4) is 11.5 Å². The Balaban J connectivity index is 2.39. The molecular formula is C14H12BrFN2O3. The first-order valence-electron chi connectivity index (χ1n) is 6.06. The lowest BCUT2D eigenvalue weighted by molar-refractivity contribution is -0.385. The predicted molar refractivity (Wildman–Crippen MR) is 79.9 cm³/mol. The number of hydrogen-bond acceptors (Lipinski definition) is 4. The van der Waals surface area contributed by atoms with Gasteiger partial charge in [0.1, 0.15) is 5.75 Å². The largest absolute Gasteiger partial charge is 0.447 e. The molecular weight excluding hydrogens is 343 g/mol. The van der Waals surface area contributed by atoms with E-state index < -0.39 is 22.2 Å². The highest BCUT2D eigenvalue weighted by molar-refractivity contribution is 9.10. The normalized spacial score (nSPS) is 12.0. The minimum absolute atomic E-state index is 0.184.